The molecule has 1 atom stereocenters. The molecule has 2 saturated heterocycles. The first-order chi connectivity index (χ1) is 12.3. The fourth-order valence-electron chi connectivity index (χ4n) is 3.36. The van der Waals surface area contributed by atoms with Crippen molar-refractivity contribution in [2.45, 2.75) is 19.4 Å². The zero-order valence-electron chi connectivity index (χ0n) is 15.0. The van der Waals surface area contributed by atoms with Crippen molar-refractivity contribution in [3.05, 3.63) is 29.8 Å². The van der Waals surface area contributed by atoms with E-state index in [1.165, 1.54) is 0 Å². The third-order valence-electron chi connectivity index (χ3n) is 4.68. The number of amides is 1. The highest BCUT2D eigenvalue weighted by Crippen LogP contribution is 2.21. The molecule has 1 unspecified atom stereocenters. The molecule has 1 aromatic rings. The highest BCUT2D eigenvalue weighted by molar-refractivity contribution is 7.99. The Morgan fingerprint density at radius 2 is 2.00 bits per heavy atom. The number of morpholine rings is 1. The summed E-state index contributed by atoms with van der Waals surface area (Å²) in [5.41, 5.74) is 0.752. The van der Waals surface area contributed by atoms with E-state index in [2.05, 4.69) is 9.80 Å². The third-order valence-corrected chi connectivity index (χ3v) is 5.88. The molecule has 0 bridgehead atoms. The average Bonchev–Trinajstić information content (AvgIpc) is 2.88. The summed E-state index contributed by atoms with van der Waals surface area (Å²) >= 11 is 1.97. The van der Waals surface area contributed by atoms with Crippen LogP contribution in [0.25, 0.3) is 0 Å². The van der Waals surface area contributed by atoms with Gasteiger partial charge >= 0.3 is 0 Å². The maximum atomic E-state index is 13.1. The summed E-state index contributed by atoms with van der Waals surface area (Å²) in [6.07, 6.45) is 1.06. The molecule has 2 heterocycles. The Morgan fingerprint density at radius 1 is 1.24 bits per heavy atom. The first kappa shape index (κ1) is 18.5. The monoisotopic (exact) mass is 364 g/mol. The molecule has 0 aliphatic carbocycles. The highest BCUT2D eigenvalue weighted by Gasteiger charge is 2.28. The largest absolute Gasteiger partial charge is 0.494 e. The molecule has 2 aliphatic rings. The minimum absolute atomic E-state index is 0.142. The van der Waals surface area contributed by atoms with E-state index in [1.54, 1.807) is 0 Å². The van der Waals surface area contributed by atoms with Gasteiger partial charge in [-0.25, -0.2) is 0 Å². The number of benzene rings is 1. The Kier molecular flexibility index (Phi) is 7.02. The van der Waals surface area contributed by atoms with Gasteiger partial charge in [-0.05, 0) is 43.4 Å². The molecule has 2 aliphatic heterocycles. The van der Waals surface area contributed by atoms with E-state index >= 15 is 0 Å². The molecular formula is C19H28N2O3S. The van der Waals surface area contributed by atoms with Gasteiger partial charge in [0.15, 0.2) is 0 Å². The van der Waals surface area contributed by atoms with Gasteiger partial charge in [-0.1, -0.05) is 0 Å². The molecule has 6 heteroatoms. The second kappa shape index (κ2) is 9.46. The summed E-state index contributed by atoms with van der Waals surface area (Å²) in [5, 5.41) is 0. The summed E-state index contributed by atoms with van der Waals surface area (Å²) in [6, 6.07) is 7.82. The average molecular weight is 365 g/mol. The number of thioether (sulfide) groups is 1. The lowest BCUT2D eigenvalue weighted by atomic mass is 10.1. The molecular weight excluding hydrogens is 336 g/mol. The molecule has 2 fully saturated rings. The number of ether oxygens (including phenoxy) is 2. The highest BCUT2D eigenvalue weighted by atomic mass is 32.2. The van der Waals surface area contributed by atoms with Crippen molar-refractivity contribution in [2.75, 3.05) is 57.5 Å². The first-order valence-corrected chi connectivity index (χ1v) is 10.3. The van der Waals surface area contributed by atoms with Crippen LogP contribution in [0.4, 0.5) is 0 Å². The molecule has 5 nitrogen and oxygen atoms in total. The topological polar surface area (TPSA) is 42.0 Å². The van der Waals surface area contributed by atoms with Gasteiger partial charge in [0.2, 0.25) is 0 Å². The standard InChI is InChI=1S/C19H28N2O3S/c1-2-24-18-6-4-16(5-7-18)19(22)21-8-3-13-25-15-17(21)14-20-9-11-23-12-10-20/h4-7,17H,2-3,8-15H2,1H3. The van der Waals surface area contributed by atoms with E-state index in [1.807, 2.05) is 43.0 Å². The van der Waals surface area contributed by atoms with Crippen LogP contribution in [-0.2, 0) is 4.74 Å². The SMILES string of the molecule is CCOc1ccc(C(=O)N2CCCSCC2CN2CCOCC2)cc1. The zero-order chi connectivity index (χ0) is 17.5. The fourth-order valence-corrected chi connectivity index (χ4v) is 4.41. The molecule has 1 amide bonds. The molecule has 25 heavy (non-hydrogen) atoms. The predicted molar refractivity (Wildman–Crippen MR) is 102 cm³/mol. The van der Waals surface area contributed by atoms with Gasteiger partial charge in [-0.15, -0.1) is 0 Å². The van der Waals surface area contributed by atoms with Crippen LogP contribution in [0.15, 0.2) is 24.3 Å². The lowest BCUT2D eigenvalue weighted by Gasteiger charge is -2.35. The Morgan fingerprint density at radius 3 is 2.72 bits per heavy atom. The van der Waals surface area contributed by atoms with Crippen LogP contribution < -0.4 is 4.74 Å². The Bertz CT molecular complexity index is 546. The fraction of sp³-hybridized carbons (Fsp3) is 0.632. The lowest BCUT2D eigenvalue weighted by Crippen LogP contribution is -2.50. The van der Waals surface area contributed by atoms with Crippen LogP contribution in [0.1, 0.15) is 23.7 Å². The van der Waals surface area contributed by atoms with Crippen molar-refractivity contribution >= 4 is 17.7 Å². The normalized spacial score (nSPS) is 22.4. The van der Waals surface area contributed by atoms with Crippen molar-refractivity contribution in [1.82, 2.24) is 9.80 Å². The first-order valence-electron chi connectivity index (χ1n) is 9.19. The Hall–Kier alpha value is -1.24. The summed E-state index contributed by atoms with van der Waals surface area (Å²) in [7, 11) is 0. The van der Waals surface area contributed by atoms with E-state index < -0.39 is 0 Å². The molecule has 0 spiro atoms. The van der Waals surface area contributed by atoms with Crippen LogP contribution in [0, 0.1) is 0 Å². The summed E-state index contributed by atoms with van der Waals surface area (Å²) in [5.74, 6) is 3.10. The van der Waals surface area contributed by atoms with E-state index in [0.29, 0.717) is 6.61 Å². The van der Waals surface area contributed by atoms with Crippen LogP contribution >= 0.6 is 11.8 Å². The molecule has 3 rings (SSSR count). The van der Waals surface area contributed by atoms with E-state index in [9.17, 15) is 4.79 Å². The van der Waals surface area contributed by atoms with Gasteiger partial charge in [0.05, 0.1) is 25.9 Å². The molecule has 0 radical (unpaired) electrons. The lowest BCUT2D eigenvalue weighted by molar-refractivity contribution is 0.0245. The Balaban J connectivity index is 1.69. The molecule has 0 saturated carbocycles. The van der Waals surface area contributed by atoms with Crippen molar-refractivity contribution < 1.29 is 14.3 Å². The van der Waals surface area contributed by atoms with Crippen LogP contribution in [0.3, 0.4) is 0 Å². The Labute approximate surface area is 154 Å². The number of rotatable bonds is 5. The van der Waals surface area contributed by atoms with Crippen molar-refractivity contribution in [3.8, 4) is 5.75 Å². The maximum absolute atomic E-state index is 13.1. The van der Waals surface area contributed by atoms with Gasteiger partial charge in [-0.2, -0.15) is 11.8 Å². The summed E-state index contributed by atoms with van der Waals surface area (Å²) in [4.78, 5) is 17.6. The van der Waals surface area contributed by atoms with Gasteiger partial charge in [-0.3, -0.25) is 9.69 Å². The van der Waals surface area contributed by atoms with E-state index in [0.717, 1.165) is 68.6 Å². The molecule has 0 N–H and O–H groups in total. The van der Waals surface area contributed by atoms with Crippen molar-refractivity contribution in [1.29, 1.82) is 0 Å². The van der Waals surface area contributed by atoms with Crippen molar-refractivity contribution in [3.63, 3.8) is 0 Å². The third kappa shape index (κ3) is 5.12. The minimum Gasteiger partial charge on any atom is -0.494 e. The number of carbonyl (C=O) groups excluding carboxylic acids is 1. The van der Waals surface area contributed by atoms with Crippen molar-refractivity contribution in [2.24, 2.45) is 0 Å². The number of hydrogen-bond acceptors (Lipinski definition) is 5. The van der Waals surface area contributed by atoms with E-state index in [-0.39, 0.29) is 11.9 Å². The zero-order valence-corrected chi connectivity index (χ0v) is 15.8. The quantitative estimate of drug-likeness (QED) is 0.802. The van der Waals surface area contributed by atoms with Gasteiger partial charge < -0.3 is 14.4 Å². The maximum Gasteiger partial charge on any atom is 0.254 e. The number of hydrogen-bond donors (Lipinski definition) is 0. The minimum atomic E-state index is 0.142. The van der Waals surface area contributed by atoms with Gasteiger partial charge in [0.1, 0.15) is 5.75 Å². The molecule has 0 aromatic heterocycles. The van der Waals surface area contributed by atoms with Gasteiger partial charge in [0.25, 0.3) is 5.91 Å². The second-order valence-electron chi connectivity index (χ2n) is 6.45. The number of carbonyl (C=O) groups is 1. The van der Waals surface area contributed by atoms with E-state index in [4.69, 9.17) is 9.47 Å². The van der Waals surface area contributed by atoms with Gasteiger partial charge in [0, 0.05) is 37.5 Å². The number of nitrogens with zero attached hydrogens (tertiary/aromatic N) is 2. The molecule has 138 valence electrons. The molecule has 1 aromatic carbocycles. The van der Waals surface area contributed by atoms with Crippen LogP contribution in [0.2, 0.25) is 0 Å². The smallest absolute Gasteiger partial charge is 0.254 e. The predicted octanol–water partition coefficient (Wildman–Crippen LogP) is 2.37. The summed E-state index contributed by atoms with van der Waals surface area (Å²) in [6.45, 7) is 7.91. The van der Waals surface area contributed by atoms with Crippen LogP contribution in [-0.4, -0.2) is 79.3 Å². The van der Waals surface area contributed by atoms with Crippen LogP contribution in [0.5, 0.6) is 5.75 Å². The second-order valence-corrected chi connectivity index (χ2v) is 7.60. The summed E-state index contributed by atoms with van der Waals surface area (Å²) < 4.78 is 10.9.